The van der Waals surface area contributed by atoms with Crippen molar-refractivity contribution in [2.45, 2.75) is 24.8 Å². The molecule has 0 saturated heterocycles. The molecular formula is C30H26BrN3O4S. The van der Waals surface area contributed by atoms with Gasteiger partial charge in [0.25, 0.3) is 15.9 Å². The van der Waals surface area contributed by atoms with E-state index >= 15 is 0 Å². The van der Waals surface area contributed by atoms with Gasteiger partial charge in [-0.25, -0.2) is 8.42 Å². The molecule has 0 aliphatic carbocycles. The molecule has 0 fully saturated rings. The molecule has 1 heterocycles. The quantitative estimate of drug-likeness (QED) is 0.290. The van der Waals surface area contributed by atoms with Crippen LogP contribution in [0.2, 0.25) is 0 Å². The van der Waals surface area contributed by atoms with Crippen molar-refractivity contribution in [1.29, 1.82) is 0 Å². The molecule has 4 aromatic rings. The van der Waals surface area contributed by atoms with Crippen molar-refractivity contribution in [2.24, 2.45) is 0 Å². The number of benzene rings is 4. The first kappa shape index (κ1) is 26.6. The fraction of sp³-hybridized carbons (Fsp3) is 0.133. The first-order chi connectivity index (χ1) is 18.6. The summed E-state index contributed by atoms with van der Waals surface area (Å²) < 4.78 is 30.2. The Morgan fingerprint density at radius 3 is 2.46 bits per heavy atom. The van der Waals surface area contributed by atoms with Crippen LogP contribution >= 0.6 is 15.9 Å². The van der Waals surface area contributed by atoms with Crippen molar-refractivity contribution in [3.63, 3.8) is 0 Å². The van der Waals surface area contributed by atoms with Crippen molar-refractivity contribution >= 4 is 49.1 Å². The van der Waals surface area contributed by atoms with Gasteiger partial charge in [0.15, 0.2) is 0 Å². The van der Waals surface area contributed by atoms with Crippen molar-refractivity contribution < 1.29 is 18.0 Å². The third kappa shape index (κ3) is 5.60. The molecule has 9 heteroatoms. The van der Waals surface area contributed by atoms with Crippen LogP contribution in [0.1, 0.15) is 38.7 Å². The van der Waals surface area contributed by atoms with Crippen LogP contribution in [-0.4, -0.2) is 31.7 Å². The maximum atomic E-state index is 14.1. The fourth-order valence-electron chi connectivity index (χ4n) is 4.77. The molecule has 1 atom stereocenters. The second-order valence-electron chi connectivity index (χ2n) is 9.48. The molecule has 2 amide bonds. The predicted molar refractivity (Wildman–Crippen MR) is 155 cm³/mol. The van der Waals surface area contributed by atoms with E-state index in [9.17, 15) is 18.0 Å². The van der Waals surface area contributed by atoms with Crippen LogP contribution in [-0.2, 0) is 14.8 Å². The number of halogens is 1. The second kappa shape index (κ2) is 10.7. The Balaban J connectivity index is 1.58. The average Bonchev–Trinajstić information content (AvgIpc) is 3.04. The summed E-state index contributed by atoms with van der Waals surface area (Å²) >= 11 is 3.51. The van der Waals surface area contributed by atoms with E-state index < -0.39 is 22.0 Å². The standard InChI is InChI=1S/C30H26BrN3O4S/c1-19-7-6-10-24(15-19)33-39(37,38)27-16-22(12-11-20(27)2)30(36)34-18-28(35)32-26-14-13-23(31)17-25(26)29(34)21-8-4-3-5-9-21/h3-17,29,33H,18H2,1-2H3,(H,32,35). The smallest absolute Gasteiger partial charge is 0.262 e. The van der Waals surface area contributed by atoms with Crippen LogP contribution in [0.3, 0.4) is 0 Å². The number of carbonyl (C=O) groups is 2. The number of hydrogen-bond donors (Lipinski definition) is 2. The lowest BCUT2D eigenvalue weighted by atomic mass is 9.95. The highest BCUT2D eigenvalue weighted by Gasteiger charge is 2.34. The minimum atomic E-state index is -3.99. The van der Waals surface area contributed by atoms with Gasteiger partial charge in [0, 0.05) is 27.0 Å². The number of anilines is 2. The van der Waals surface area contributed by atoms with E-state index in [0.717, 1.165) is 21.2 Å². The summed E-state index contributed by atoms with van der Waals surface area (Å²) in [7, 11) is -3.99. The number of sulfonamides is 1. The third-order valence-electron chi connectivity index (χ3n) is 6.58. The minimum absolute atomic E-state index is 0.00599. The number of nitrogens with zero attached hydrogens (tertiary/aromatic N) is 1. The number of amides is 2. The number of hydrogen-bond acceptors (Lipinski definition) is 4. The molecule has 0 aromatic heterocycles. The van der Waals surface area contributed by atoms with E-state index in [1.165, 1.54) is 11.0 Å². The third-order valence-corrected chi connectivity index (χ3v) is 8.60. The molecule has 1 aliphatic heterocycles. The lowest BCUT2D eigenvalue weighted by molar-refractivity contribution is -0.117. The molecule has 0 radical (unpaired) electrons. The van der Waals surface area contributed by atoms with Crippen LogP contribution in [0.4, 0.5) is 11.4 Å². The predicted octanol–water partition coefficient (Wildman–Crippen LogP) is 6.05. The highest BCUT2D eigenvalue weighted by molar-refractivity contribution is 9.10. The topological polar surface area (TPSA) is 95.6 Å². The van der Waals surface area contributed by atoms with E-state index in [0.29, 0.717) is 16.9 Å². The maximum absolute atomic E-state index is 14.1. The second-order valence-corrected chi connectivity index (χ2v) is 12.0. The fourth-order valence-corrected chi connectivity index (χ4v) is 6.47. The highest BCUT2D eigenvalue weighted by atomic mass is 79.9. The molecule has 4 aromatic carbocycles. The molecule has 2 N–H and O–H groups in total. The SMILES string of the molecule is Cc1cccc(NS(=O)(=O)c2cc(C(=O)N3CC(=O)Nc4ccc(Br)cc4C3c3ccccc3)ccc2C)c1. The Labute approximate surface area is 236 Å². The molecule has 0 saturated carbocycles. The van der Waals surface area contributed by atoms with Crippen molar-refractivity contribution in [1.82, 2.24) is 4.90 Å². The summed E-state index contributed by atoms with van der Waals surface area (Å²) in [6.45, 7) is 3.35. The van der Waals surface area contributed by atoms with E-state index in [-0.39, 0.29) is 22.9 Å². The monoisotopic (exact) mass is 603 g/mol. The van der Waals surface area contributed by atoms with Crippen LogP contribution in [0.15, 0.2) is 100 Å². The highest BCUT2D eigenvalue weighted by Crippen LogP contribution is 2.38. The Kier molecular flexibility index (Phi) is 7.29. The summed E-state index contributed by atoms with van der Waals surface area (Å²) in [5.41, 5.74) is 4.18. The van der Waals surface area contributed by atoms with Crippen LogP contribution in [0.25, 0.3) is 0 Å². The Hall–Kier alpha value is -3.95. The lowest BCUT2D eigenvalue weighted by Crippen LogP contribution is -2.39. The van der Waals surface area contributed by atoms with Gasteiger partial charge in [-0.05, 0) is 73.0 Å². The largest absolute Gasteiger partial charge is 0.324 e. The first-order valence-electron chi connectivity index (χ1n) is 12.3. The summed E-state index contributed by atoms with van der Waals surface area (Å²) in [4.78, 5) is 28.5. The van der Waals surface area contributed by atoms with Crippen LogP contribution in [0, 0.1) is 13.8 Å². The van der Waals surface area contributed by atoms with E-state index in [4.69, 9.17) is 0 Å². The molecule has 39 heavy (non-hydrogen) atoms. The molecular weight excluding hydrogens is 578 g/mol. The number of nitrogens with one attached hydrogen (secondary N) is 2. The Bertz CT molecular complexity index is 1690. The molecule has 1 unspecified atom stereocenters. The molecule has 1 aliphatic rings. The maximum Gasteiger partial charge on any atom is 0.262 e. The molecule has 5 rings (SSSR count). The van der Waals surface area contributed by atoms with Crippen molar-refractivity contribution in [3.8, 4) is 0 Å². The van der Waals surface area contributed by atoms with Gasteiger partial charge in [-0.15, -0.1) is 0 Å². The van der Waals surface area contributed by atoms with Gasteiger partial charge >= 0.3 is 0 Å². The summed E-state index contributed by atoms with van der Waals surface area (Å²) in [5, 5.41) is 2.90. The van der Waals surface area contributed by atoms with E-state index in [1.54, 1.807) is 43.3 Å². The zero-order valence-electron chi connectivity index (χ0n) is 21.3. The van der Waals surface area contributed by atoms with Crippen molar-refractivity contribution in [2.75, 3.05) is 16.6 Å². The first-order valence-corrected chi connectivity index (χ1v) is 14.6. The van der Waals surface area contributed by atoms with Gasteiger partial charge in [0.1, 0.15) is 6.54 Å². The normalized spacial score (nSPS) is 15.2. The zero-order valence-corrected chi connectivity index (χ0v) is 23.7. The van der Waals surface area contributed by atoms with Crippen LogP contribution < -0.4 is 10.0 Å². The van der Waals surface area contributed by atoms with Gasteiger partial charge in [-0.2, -0.15) is 0 Å². The Morgan fingerprint density at radius 2 is 1.72 bits per heavy atom. The van der Waals surface area contributed by atoms with Crippen LogP contribution in [0.5, 0.6) is 0 Å². The number of rotatable bonds is 5. The summed E-state index contributed by atoms with van der Waals surface area (Å²) in [6, 6.07) is 26.0. The van der Waals surface area contributed by atoms with E-state index in [2.05, 4.69) is 26.0 Å². The minimum Gasteiger partial charge on any atom is -0.324 e. The average molecular weight is 605 g/mol. The zero-order chi connectivity index (χ0) is 27.7. The van der Waals surface area contributed by atoms with Gasteiger partial charge in [0.05, 0.1) is 10.9 Å². The Morgan fingerprint density at radius 1 is 0.949 bits per heavy atom. The number of carbonyl (C=O) groups excluding carboxylic acids is 2. The number of aryl methyl sites for hydroxylation is 2. The van der Waals surface area contributed by atoms with Gasteiger partial charge in [-0.1, -0.05) is 64.5 Å². The van der Waals surface area contributed by atoms with Crippen molar-refractivity contribution in [3.05, 3.63) is 123 Å². The van der Waals surface area contributed by atoms with E-state index in [1.807, 2.05) is 55.5 Å². The van der Waals surface area contributed by atoms with Gasteiger partial charge < -0.3 is 10.2 Å². The molecule has 0 bridgehead atoms. The lowest BCUT2D eigenvalue weighted by Gasteiger charge is -2.31. The summed E-state index contributed by atoms with van der Waals surface area (Å²) in [6.07, 6.45) is 0. The molecule has 0 spiro atoms. The molecule has 7 nitrogen and oxygen atoms in total. The van der Waals surface area contributed by atoms with Gasteiger partial charge in [-0.3, -0.25) is 14.3 Å². The molecule has 198 valence electrons. The van der Waals surface area contributed by atoms with Gasteiger partial charge in [0.2, 0.25) is 5.91 Å². The summed E-state index contributed by atoms with van der Waals surface area (Å²) in [5.74, 6) is -0.801. The number of fused-ring (bicyclic) bond motifs is 1.